The van der Waals surface area contributed by atoms with Crippen LogP contribution < -0.4 is 5.11 Å². The van der Waals surface area contributed by atoms with Gasteiger partial charge in [0.2, 0.25) is 5.69 Å². The Morgan fingerprint density at radius 1 is 1.31 bits per heavy atom. The number of allylic oxidation sites excluding steroid dienone is 1. The molecular formula is C11H11NO. The number of nitrogens with zero attached hydrogens (tertiary/aromatic N) is 1. The molecule has 0 aliphatic carbocycles. The Morgan fingerprint density at radius 2 is 2.15 bits per heavy atom. The highest BCUT2D eigenvalue weighted by Gasteiger charge is 2.11. The number of hydrogen-bond donors (Lipinski definition) is 0. The predicted octanol–water partition coefficient (Wildman–Crippen LogP) is 0.832. The van der Waals surface area contributed by atoms with E-state index in [1.807, 2.05) is 36.6 Å². The minimum Gasteiger partial charge on any atom is -0.851 e. The highest BCUT2D eigenvalue weighted by molar-refractivity contribution is 5.69. The van der Waals surface area contributed by atoms with Gasteiger partial charge in [0.25, 0.3) is 0 Å². The van der Waals surface area contributed by atoms with Crippen LogP contribution in [-0.2, 0) is 6.61 Å². The largest absolute Gasteiger partial charge is 0.851 e. The van der Waals surface area contributed by atoms with Gasteiger partial charge in [-0.05, 0) is 6.08 Å². The normalized spacial score (nSPS) is 14.7. The standard InChI is InChI=1S/C11H11NO/c13-9-10-5-1-2-6-11(10)12-7-3-4-8-12/h1-7H,8-9H2. The van der Waals surface area contributed by atoms with Crippen molar-refractivity contribution in [3.63, 3.8) is 0 Å². The molecule has 2 nitrogen and oxygen atoms in total. The Morgan fingerprint density at radius 3 is 2.85 bits per heavy atom. The quantitative estimate of drug-likeness (QED) is 0.608. The molecule has 0 saturated heterocycles. The van der Waals surface area contributed by atoms with Gasteiger partial charge < -0.3 is 5.11 Å². The van der Waals surface area contributed by atoms with Gasteiger partial charge in [0, 0.05) is 17.7 Å². The first-order valence-corrected chi connectivity index (χ1v) is 4.34. The van der Waals surface area contributed by atoms with Crippen LogP contribution >= 0.6 is 0 Å². The van der Waals surface area contributed by atoms with E-state index >= 15 is 0 Å². The molecule has 13 heavy (non-hydrogen) atoms. The van der Waals surface area contributed by atoms with E-state index in [1.54, 1.807) is 0 Å². The maximum atomic E-state index is 10.8. The molecule has 1 aliphatic rings. The van der Waals surface area contributed by atoms with Gasteiger partial charge in [0.05, 0.1) is 0 Å². The first kappa shape index (κ1) is 8.20. The van der Waals surface area contributed by atoms with E-state index in [-0.39, 0.29) is 6.61 Å². The van der Waals surface area contributed by atoms with Gasteiger partial charge in [0.15, 0.2) is 12.8 Å². The van der Waals surface area contributed by atoms with Crippen LogP contribution in [0.3, 0.4) is 0 Å². The number of rotatable bonds is 2. The van der Waals surface area contributed by atoms with E-state index in [0.29, 0.717) is 0 Å². The van der Waals surface area contributed by atoms with E-state index in [4.69, 9.17) is 0 Å². The van der Waals surface area contributed by atoms with Crippen molar-refractivity contribution >= 4 is 11.9 Å². The van der Waals surface area contributed by atoms with Crippen molar-refractivity contribution in [1.82, 2.24) is 0 Å². The van der Waals surface area contributed by atoms with Crippen molar-refractivity contribution < 1.29 is 9.68 Å². The summed E-state index contributed by atoms with van der Waals surface area (Å²) >= 11 is 0. The van der Waals surface area contributed by atoms with Gasteiger partial charge in [-0.25, -0.2) is 0 Å². The minimum absolute atomic E-state index is 0.152. The summed E-state index contributed by atoms with van der Waals surface area (Å²) in [7, 11) is 0. The number of para-hydroxylation sites is 1. The average molecular weight is 173 g/mol. The van der Waals surface area contributed by atoms with E-state index < -0.39 is 0 Å². The summed E-state index contributed by atoms with van der Waals surface area (Å²) in [6.07, 6.45) is 6.07. The molecule has 66 valence electrons. The first-order chi connectivity index (χ1) is 6.42. The van der Waals surface area contributed by atoms with E-state index in [0.717, 1.165) is 17.8 Å². The molecule has 0 unspecified atom stereocenters. The van der Waals surface area contributed by atoms with Gasteiger partial charge >= 0.3 is 0 Å². The molecule has 0 amide bonds. The summed E-state index contributed by atoms with van der Waals surface area (Å²) in [6.45, 7) is 0.720. The van der Waals surface area contributed by atoms with Crippen LogP contribution in [0, 0.1) is 0 Å². The molecule has 1 aromatic rings. The molecule has 0 atom stereocenters. The molecule has 2 heteroatoms. The summed E-state index contributed by atoms with van der Waals surface area (Å²) in [5, 5.41) is 10.8. The van der Waals surface area contributed by atoms with E-state index in [1.165, 1.54) is 0 Å². The van der Waals surface area contributed by atoms with Crippen LogP contribution in [0.15, 0.2) is 36.4 Å². The Labute approximate surface area is 77.5 Å². The van der Waals surface area contributed by atoms with Crippen molar-refractivity contribution in [2.24, 2.45) is 0 Å². The highest BCUT2D eigenvalue weighted by atomic mass is 16.3. The van der Waals surface area contributed by atoms with Crippen molar-refractivity contribution in [3.8, 4) is 0 Å². The molecule has 1 aliphatic heterocycles. The van der Waals surface area contributed by atoms with Crippen LogP contribution in [0.1, 0.15) is 5.56 Å². The third-order valence-electron chi connectivity index (χ3n) is 2.16. The zero-order valence-electron chi connectivity index (χ0n) is 7.31. The second-order valence-electron chi connectivity index (χ2n) is 3.00. The van der Waals surface area contributed by atoms with Gasteiger partial charge in [-0.3, -0.25) is 0 Å². The second kappa shape index (κ2) is 3.54. The molecule has 0 bridgehead atoms. The Kier molecular flexibility index (Phi) is 2.23. The number of benzene rings is 1. The zero-order valence-corrected chi connectivity index (χ0v) is 7.31. The minimum atomic E-state index is -0.152. The molecule has 1 aromatic carbocycles. The molecule has 0 radical (unpaired) electrons. The van der Waals surface area contributed by atoms with Crippen molar-refractivity contribution in [2.45, 2.75) is 6.61 Å². The van der Waals surface area contributed by atoms with Crippen LogP contribution in [-0.4, -0.2) is 17.3 Å². The summed E-state index contributed by atoms with van der Waals surface area (Å²) in [4.78, 5) is 0. The fraction of sp³-hybridized carbons (Fsp3) is 0.182. The third-order valence-corrected chi connectivity index (χ3v) is 2.16. The highest BCUT2D eigenvalue weighted by Crippen LogP contribution is 2.18. The third kappa shape index (κ3) is 1.53. The molecule has 0 saturated carbocycles. The smallest absolute Gasteiger partial charge is 0.207 e. The van der Waals surface area contributed by atoms with E-state index in [2.05, 4.69) is 10.7 Å². The van der Waals surface area contributed by atoms with Crippen molar-refractivity contribution in [1.29, 1.82) is 0 Å². The first-order valence-electron chi connectivity index (χ1n) is 4.34. The van der Waals surface area contributed by atoms with Crippen LogP contribution in [0.2, 0.25) is 0 Å². The summed E-state index contributed by atoms with van der Waals surface area (Å²) in [6, 6.07) is 7.73. The monoisotopic (exact) mass is 173 g/mol. The lowest BCUT2D eigenvalue weighted by Crippen LogP contribution is -2.09. The fourth-order valence-corrected chi connectivity index (χ4v) is 1.49. The maximum Gasteiger partial charge on any atom is 0.207 e. The van der Waals surface area contributed by atoms with Gasteiger partial charge in [-0.2, -0.15) is 4.58 Å². The van der Waals surface area contributed by atoms with Gasteiger partial charge in [-0.15, -0.1) is 6.61 Å². The molecule has 0 spiro atoms. The summed E-state index contributed by atoms with van der Waals surface area (Å²) < 4.78 is 2.08. The van der Waals surface area contributed by atoms with Gasteiger partial charge in [0.1, 0.15) is 0 Å². The SMILES string of the molecule is [O-]Cc1ccccc1[N+]1=CC=CC1. The zero-order chi connectivity index (χ0) is 9.10. The molecular weight excluding hydrogens is 162 g/mol. The molecule has 0 aromatic heterocycles. The maximum absolute atomic E-state index is 10.8. The Balaban J connectivity index is 2.39. The number of hydrogen-bond acceptors (Lipinski definition) is 1. The molecule has 0 fully saturated rings. The van der Waals surface area contributed by atoms with Crippen LogP contribution in [0.5, 0.6) is 0 Å². The van der Waals surface area contributed by atoms with Crippen molar-refractivity contribution in [3.05, 3.63) is 42.0 Å². The Hall–Kier alpha value is -1.41. The predicted molar refractivity (Wildman–Crippen MR) is 50.1 cm³/mol. The lowest BCUT2D eigenvalue weighted by molar-refractivity contribution is -0.426. The lowest BCUT2D eigenvalue weighted by Gasteiger charge is -2.07. The summed E-state index contributed by atoms with van der Waals surface area (Å²) in [5.41, 5.74) is 1.89. The van der Waals surface area contributed by atoms with Crippen LogP contribution in [0.25, 0.3) is 0 Å². The van der Waals surface area contributed by atoms with E-state index in [9.17, 15) is 5.11 Å². The second-order valence-corrected chi connectivity index (χ2v) is 3.00. The summed E-state index contributed by atoms with van der Waals surface area (Å²) in [5.74, 6) is 0. The fourth-order valence-electron chi connectivity index (χ4n) is 1.49. The molecule has 0 N–H and O–H groups in total. The van der Waals surface area contributed by atoms with Crippen molar-refractivity contribution in [2.75, 3.05) is 6.54 Å². The van der Waals surface area contributed by atoms with Crippen LogP contribution in [0.4, 0.5) is 5.69 Å². The lowest BCUT2D eigenvalue weighted by atomic mass is 10.2. The molecule has 1 heterocycles. The molecule has 2 rings (SSSR count). The topological polar surface area (TPSA) is 26.1 Å². The average Bonchev–Trinajstić information content (AvgIpc) is 2.70. The Bertz CT molecular complexity index is 366. The van der Waals surface area contributed by atoms with Gasteiger partial charge in [-0.1, -0.05) is 18.2 Å².